The molecule has 2 aliphatic rings. The van der Waals surface area contributed by atoms with Crippen molar-refractivity contribution in [3.63, 3.8) is 0 Å². The van der Waals surface area contributed by atoms with Gasteiger partial charge in [-0.1, -0.05) is 19.3 Å². The number of aryl methyl sites for hydroxylation is 1. The van der Waals surface area contributed by atoms with Crippen LogP contribution in [0.1, 0.15) is 56.1 Å². The highest BCUT2D eigenvalue weighted by atomic mass is 16.5. The monoisotopic (exact) mass is 355 g/mol. The first-order chi connectivity index (χ1) is 12.7. The number of hydrogen-bond donors (Lipinski definition) is 1. The van der Waals surface area contributed by atoms with Gasteiger partial charge in [-0.25, -0.2) is 4.79 Å². The first-order valence-corrected chi connectivity index (χ1v) is 9.71. The van der Waals surface area contributed by atoms with Gasteiger partial charge in [0.25, 0.3) is 5.91 Å². The van der Waals surface area contributed by atoms with Crippen molar-refractivity contribution in [3.8, 4) is 5.75 Å². The molecule has 26 heavy (non-hydrogen) atoms. The number of hydrogen-bond acceptors (Lipinski definition) is 4. The largest absolute Gasteiger partial charge is 0.484 e. The highest BCUT2D eigenvalue weighted by Gasteiger charge is 2.19. The van der Waals surface area contributed by atoms with Gasteiger partial charge in [-0.2, -0.15) is 0 Å². The Bertz CT molecular complexity index is 864. The van der Waals surface area contributed by atoms with E-state index in [-0.39, 0.29) is 24.2 Å². The zero-order chi connectivity index (χ0) is 17.9. The number of carbonyl (C=O) groups excluding carboxylic acids is 1. The highest BCUT2D eigenvalue weighted by Crippen LogP contribution is 2.29. The predicted molar refractivity (Wildman–Crippen MR) is 99.6 cm³/mol. The topological polar surface area (TPSA) is 68.5 Å². The third-order valence-electron chi connectivity index (χ3n) is 5.54. The molecule has 138 valence electrons. The van der Waals surface area contributed by atoms with Crippen molar-refractivity contribution < 1.29 is 13.9 Å². The summed E-state index contributed by atoms with van der Waals surface area (Å²) < 4.78 is 11.1. The SMILES string of the molecule is O=C(COc1ccc2c3c(c(=O)oc2c1)CCCC3)NC1CCCCC1. The van der Waals surface area contributed by atoms with Crippen LogP contribution in [0.2, 0.25) is 0 Å². The van der Waals surface area contributed by atoms with E-state index in [0.29, 0.717) is 11.3 Å². The molecule has 4 rings (SSSR count). The Kier molecular flexibility index (Phi) is 4.96. The minimum Gasteiger partial charge on any atom is -0.484 e. The van der Waals surface area contributed by atoms with Crippen LogP contribution in [0.4, 0.5) is 0 Å². The molecule has 2 aromatic rings. The number of rotatable bonds is 4. The lowest BCUT2D eigenvalue weighted by molar-refractivity contribution is -0.124. The van der Waals surface area contributed by atoms with Gasteiger partial charge in [-0.05, 0) is 56.2 Å². The smallest absolute Gasteiger partial charge is 0.339 e. The number of fused-ring (bicyclic) bond motifs is 3. The summed E-state index contributed by atoms with van der Waals surface area (Å²) in [4.78, 5) is 24.3. The first kappa shape index (κ1) is 17.1. The predicted octanol–water partition coefficient (Wildman–Crippen LogP) is 3.50. The summed E-state index contributed by atoms with van der Waals surface area (Å²) in [5.41, 5.74) is 2.24. The molecule has 0 saturated heterocycles. The van der Waals surface area contributed by atoms with Crippen LogP contribution >= 0.6 is 0 Å². The maximum atomic E-state index is 12.2. The summed E-state index contributed by atoms with van der Waals surface area (Å²) in [6, 6.07) is 5.79. The molecule has 0 radical (unpaired) electrons. The third-order valence-corrected chi connectivity index (χ3v) is 5.54. The van der Waals surface area contributed by atoms with Gasteiger partial charge in [0.2, 0.25) is 0 Å². The summed E-state index contributed by atoms with van der Waals surface area (Å²) in [5.74, 6) is 0.457. The number of benzene rings is 1. The Morgan fingerprint density at radius 1 is 1.08 bits per heavy atom. The number of nitrogens with one attached hydrogen (secondary N) is 1. The number of ether oxygens (including phenoxy) is 1. The fraction of sp³-hybridized carbons (Fsp3) is 0.524. The molecule has 1 amide bonds. The minimum absolute atomic E-state index is 0.0167. The van der Waals surface area contributed by atoms with Gasteiger partial charge in [0.15, 0.2) is 6.61 Å². The molecule has 1 fully saturated rings. The van der Waals surface area contributed by atoms with Gasteiger partial charge in [-0.15, -0.1) is 0 Å². The van der Waals surface area contributed by atoms with E-state index in [2.05, 4.69) is 5.32 Å². The van der Waals surface area contributed by atoms with Gasteiger partial charge in [0.05, 0.1) is 0 Å². The van der Waals surface area contributed by atoms with E-state index in [0.717, 1.165) is 55.0 Å². The minimum atomic E-state index is -0.237. The Morgan fingerprint density at radius 3 is 2.65 bits per heavy atom. The fourth-order valence-corrected chi connectivity index (χ4v) is 4.18. The average molecular weight is 355 g/mol. The third kappa shape index (κ3) is 3.62. The molecule has 0 aliphatic heterocycles. The van der Waals surface area contributed by atoms with Gasteiger partial charge >= 0.3 is 5.63 Å². The molecular formula is C21H25NO4. The van der Waals surface area contributed by atoms with Crippen molar-refractivity contribution in [2.24, 2.45) is 0 Å². The highest BCUT2D eigenvalue weighted by molar-refractivity contribution is 5.83. The fourth-order valence-electron chi connectivity index (χ4n) is 4.18. The van der Waals surface area contributed by atoms with Gasteiger partial charge in [0.1, 0.15) is 11.3 Å². The molecule has 0 atom stereocenters. The number of carbonyl (C=O) groups is 1. The second-order valence-corrected chi connectivity index (χ2v) is 7.40. The summed E-state index contributed by atoms with van der Waals surface area (Å²) in [6.45, 7) is -0.0167. The van der Waals surface area contributed by atoms with Crippen molar-refractivity contribution in [1.82, 2.24) is 5.32 Å². The maximum absolute atomic E-state index is 12.2. The second kappa shape index (κ2) is 7.52. The van der Waals surface area contributed by atoms with E-state index in [1.165, 1.54) is 19.3 Å². The standard InChI is InChI=1S/C21H25NO4/c23-20(22-14-6-2-1-3-7-14)13-25-15-10-11-17-16-8-4-5-9-18(16)21(24)26-19(17)12-15/h10-12,14H,1-9,13H2,(H,22,23). The molecular weight excluding hydrogens is 330 g/mol. The lowest BCUT2D eigenvalue weighted by Crippen LogP contribution is -2.38. The molecule has 1 aromatic carbocycles. The summed E-state index contributed by atoms with van der Waals surface area (Å²) in [6.07, 6.45) is 9.59. The quantitative estimate of drug-likeness (QED) is 0.853. The molecule has 5 heteroatoms. The lowest BCUT2D eigenvalue weighted by Gasteiger charge is -2.22. The van der Waals surface area contributed by atoms with Crippen LogP contribution in [-0.2, 0) is 17.6 Å². The maximum Gasteiger partial charge on any atom is 0.339 e. The zero-order valence-corrected chi connectivity index (χ0v) is 15.0. The Balaban J connectivity index is 1.45. The van der Waals surface area contributed by atoms with E-state index in [4.69, 9.17) is 9.15 Å². The van der Waals surface area contributed by atoms with E-state index in [1.807, 2.05) is 12.1 Å². The van der Waals surface area contributed by atoms with Gasteiger partial charge in [-0.3, -0.25) is 4.79 Å². The lowest BCUT2D eigenvalue weighted by atomic mass is 9.91. The number of amides is 1. The molecule has 1 saturated carbocycles. The van der Waals surface area contributed by atoms with Crippen LogP contribution in [0.15, 0.2) is 27.4 Å². The normalized spacial score (nSPS) is 17.7. The Labute approximate surface area is 152 Å². The molecule has 0 unspecified atom stereocenters. The van der Waals surface area contributed by atoms with E-state index < -0.39 is 0 Å². The zero-order valence-electron chi connectivity index (χ0n) is 15.0. The van der Waals surface area contributed by atoms with Gasteiger partial charge < -0.3 is 14.5 Å². The van der Waals surface area contributed by atoms with E-state index in [9.17, 15) is 9.59 Å². The molecule has 0 bridgehead atoms. The van der Waals surface area contributed by atoms with Crippen molar-refractivity contribution in [2.45, 2.75) is 63.8 Å². The van der Waals surface area contributed by atoms with Crippen molar-refractivity contribution in [2.75, 3.05) is 6.61 Å². The molecule has 5 nitrogen and oxygen atoms in total. The molecule has 0 spiro atoms. The van der Waals surface area contributed by atoms with Crippen LogP contribution in [0, 0.1) is 0 Å². The van der Waals surface area contributed by atoms with Crippen LogP contribution in [0.25, 0.3) is 11.0 Å². The second-order valence-electron chi connectivity index (χ2n) is 7.40. The summed E-state index contributed by atoms with van der Waals surface area (Å²) >= 11 is 0. The van der Waals surface area contributed by atoms with Crippen LogP contribution in [-0.4, -0.2) is 18.6 Å². The Hall–Kier alpha value is -2.30. The van der Waals surface area contributed by atoms with Crippen molar-refractivity contribution in [1.29, 1.82) is 0 Å². The van der Waals surface area contributed by atoms with Crippen LogP contribution in [0.3, 0.4) is 0 Å². The summed E-state index contributed by atoms with van der Waals surface area (Å²) in [7, 11) is 0. The summed E-state index contributed by atoms with van der Waals surface area (Å²) in [5, 5.41) is 4.02. The first-order valence-electron chi connectivity index (χ1n) is 9.71. The van der Waals surface area contributed by atoms with Crippen LogP contribution < -0.4 is 15.7 Å². The van der Waals surface area contributed by atoms with Gasteiger partial charge in [0, 0.05) is 23.1 Å². The van der Waals surface area contributed by atoms with Crippen molar-refractivity contribution >= 4 is 16.9 Å². The molecule has 1 heterocycles. The van der Waals surface area contributed by atoms with Crippen molar-refractivity contribution in [3.05, 3.63) is 39.7 Å². The average Bonchev–Trinajstić information content (AvgIpc) is 2.67. The van der Waals surface area contributed by atoms with Crippen LogP contribution in [0.5, 0.6) is 5.75 Å². The molecule has 1 N–H and O–H groups in total. The van der Waals surface area contributed by atoms with E-state index in [1.54, 1.807) is 6.07 Å². The molecule has 2 aliphatic carbocycles. The van der Waals surface area contributed by atoms with E-state index >= 15 is 0 Å². The molecule has 1 aromatic heterocycles. The Morgan fingerprint density at radius 2 is 1.85 bits per heavy atom.